The molecule has 0 aromatic heterocycles. The van der Waals surface area contributed by atoms with Gasteiger partial charge in [-0.25, -0.2) is 0 Å². The van der Waals surface area contributed by atoms with E-state index in [1.165, 1.54) is 6.07 Å². The molecule has 72 valence electrons. The predicted molar refractivity (Wildman–Crippen MR) is 53.1 cm³/mol. The largest absolute Gasteiger partial charge is 0.399 e. The van der Waals surface area contributed by atoms with Gasteiger partial charge in [-0.1, -0.05) is 11.6 Å². The molecule has 0 saturated carbocycles. The Balaban J connectivity index is 2.95. The van der Waals surface area contributed by atoms with Crippen molar-refractivity contribution in [3.05, 3.63) is 23.2 Å². The van der Waals surface area contributed by atoms with E-state index in [2.05, 4.69) is 0 Å². The summed E-state index contributed by atoms with van der Waals surface area (Å²) in [5, 5.41) is 0.326. The summed E-state index contributed by atoms with van der Waals surface area (Å²) < 4.78 is 23.2. The van der Waals surface area contributed by atoms with Gasteiger partial charge in [-0.05, 0) is 18.2 Å². The molecule has 0 saturated heterocycles. The van der Waals surface area contributed by atoms with Crippen molar-refractivity contribution in [3.63, 3.8) is 0 Å². The number of benzene rings is 1. The van der Waals surface area contributed by atoms with Crippen LogP contribution in [0.4, 0.5) is 10.1 Å². The molecule has 5 heteroatoms. The Kier molecular flexibility index (Phi) is 3.69. The fourth-order valence-electron chi connectivity index (χ4n) is 0.882. The Bertz CT molecular complexity index is 332. The molecule has 2 N–H and O–H groups in total. The van der Waals surface area contributed by atoms with Crippen LogP contribution in [0, 0.1) is 0 Å². The van der Waals surface area contributed by atoms with Gasteiger partial charge in [-0.2, -0.15) is 0 Å². The topological polar surface area (TPSA) is 43.1 Å². The number of nitrogens with two attached hydrogens (primary N) is 1. The van der Waals surface area contributed by atoms with Crippen LogP contribution >= 0.6 is 11.6 Å². The molecule has 2 nitrogen and oxygen atoms in total. The van der Waals surface area contributed by atoms with Gasteiger partial charge in [0.05, 0.1) is 26.5 Å². The van der Waals surface area contributed by atoms with Crippen LogP contribution in [0.5, 0.6) is 0 Å². The first-order chi connectivity index (χ1) is 6.15. The second-order valence-corrected chi connectivity index (χ2v) is 4.37. The van der Waals surface area contributed by atoms with E-state index >= 15 is 0 Å². The molecule has 1 aromatic carbocycles. The Labute approximate surface area is 83.3 Å². The van der Waals surface area contributed by atoms with Gasteiger partial charge >= 0.3 is 0 Å². The lowest BCUT2D eigenvalue weighted by molar-refractivity contribution is 0.528. The molecule has 0 bridgehead atoms. The zero-order valence-corrected chi connectivity index (χ0v) is 8.37. The number of halogens is 2. The molecular formula is C8H9ClFNOS. The van der Waals surface area contributed by atoms with E-state index in [9.17, 15) is 8.60 Å². The highest BCUT2D eigenvalue weighted by atomic mass is 35.5. The second kappa shape index (κ2) is 4.58. The Hall–Kier alpha value is -0.610. The summed E-state index contributed by atoms with van der Waals surface area (Å²) in [4.78, 5) is 0.438. The summed E-state index contributed by atoms with van der Waals surface area (Å²) in [6.07, 6.45) is 0. The molecule has 0 heterocycles. The van der Waals surface area contributed by atoms with Crippen molar-refractivity contribution in [2.24, 2.45) is 0 Å². The lowest BCUT2D eigenvalue weighted by atomic mass is 10.3. The highest BCUT2D eigenvalue weighted by Gasteiger charge is 2.07. The Morgan fingerprint density at radius 2 is 2.23 bits per heavy atom. The van der Waals surface area contributed by atoms with Crippen LogP contribution in [0.15, 0.2) is 23.1 Å². The normalized spacial score (nSPS) is 12.8. The maximum absolute atomic E-state index is 11.9. The predicted octanol–water partition coefficient (Wildman–Crippen LogP) is 2.00. The van der Waals surface area contributed by atoms with Gasteiger partial charge in [0.1, 0.15) is 6.67 Å². The van der Waals surface area contributed by atoms with Crippen molar-refractivity contribution < 1.29 is 8.60 Å². The third-order valence-corrected chi connectivity index (χ3v) is 3.26. The van der Waals surface area contributed by atoms with Crippen molar-refractivity contribution in [1.29, 1.82) is 0 Å². The first-order valence-electron chi connectivity index (χ1n) is 3.64. The van der Waals surface area contributed by atoms with Gasteiger partial charge in [0, 0.05) is 5.69 Å². The summed E-state index contributed by atoms with van der Waals surface area (Å²) in [7, 11) is -1.37. The molecule has 0 aliphatic rings. The number of rotatable bonds is 3. The average molecular weight is 222 g/mol. The van der Waals surface area contributed by atoms with E-state index in [1.807, 2.05) is 0 Å². The average Bonchev–Trinajstić information content (AvgIpc) is 2.04. The van der Waals surface area contributed by atoms with Crippen molar-refractivity contribution in [3.8, 4) is 0 Å². The minimum Gasteiger partial charge on any atom is -0.399 e. The van der Waals surface area contributed by atoms with Crippen LogP contribution in [-0.2, 0) is 10.8 Å². The quantitative estimate of drug-likeness (QED) is 0.794. The van der Waals surface area contributed by atoms with E-state index < -0.39 is 17.5 Å². The van der Waals surface area contributed by atoms with E-state index in [0.717, 1.165) is 0 Å². The fourth-order valence-corrected chi connectivity index (χ4v) is 2.19. The van der Waals surface area contributed by atoms with Crippen LogP contribution in [-0.4, -0.2) is 16.6 Å². The molecule has 0 amide bonds. The molecule has 1 rings (SSSR count). The molecular weight excluding hydrogens is 213 g/mol. The molecule has 1 aromatic rings. The molecule has 0 aliphatic carbocycles. The third-order valence-electron chi connectivity index (χ3n) is 1.46. The van der Waals surface area contributed by atoms with Gasteiger partial charge < -0.3 is 5.73 Å². The van der Waals surface area contributed by atoms with Crippen molar-refractivity contribution in [1.82, 2.24) is 0 Å². The fraction of sp³-hybridized carbons (Fsp3) is 0.250. The van der Waals surface area contributed by atoms with Crippen LogP contribution in [0.3, 0.4) is 0 Å². The number of hydrogen-bond donors (Lipinski definition) is 1. The van der Waals surface area contributed by atoms with Crippen molar-refractivity contribution in [2.75, 3.05) is 18.2 Å². The van der Waals surface area contributed by atoms with Crippen LogP contribution in [0.2, 0.25) is 5.02 Å². The Morgan fingerprint density at radius 3 is 2.77 bits per heavy atom. The van der Waals surface area contributed by atoms with Crippen LogP contribution in [0.1, 0.15) is 0 Å². The third kappa shape index (κ3) is 2.67. The van der Waals surface area contributed by atoms with Gasteiger partial charge in [-0.3, -0.25) is 8.60 Å². The van der Waals surface area contributed by atoms with Gasteiger partial charge in [0.2, 0.25) is 0 Å². The lowest BCUT2D eigenvalue weighted by Crippen LogP contribution is -2.00. The highest BCUT2D eigenvalue weighted by molar-refractivity contribution is 7.85. The van der Waals surface area contributed by atoms with E-state index in [0.29, 0.717) is 15.6 Å². The molecule has 0 spiro atoms. The minimum atomic E-state index is -1.37. The number of hydrogen-bond acceptors (Lipinski definition) is 2. The lowest BCUT2D eigenvalue weighted by Gasteiger charge is -2.02. The first kappa shape index (κ1) is 10.5. The van der Waals surface area contributed by atoms with Gasteiger partial charge in [0.15, 0.2) is 0 Å². The highest BCUT2D eigenvalue weighted by Crippen LogP contribution is 2.22. The molecule has 0 aliphatic heterocycles. The van der Waals surface area contributed by atoms with Gasteiger partial charge in [0.25, 0.3) is 0 Å². The minimum absolute atomic E-state index is 0.0242. The van der Waals surface area contributed by atoms with E-state index in [-0.39, 0.29) is 5.75 Å². The van der Waals surface area contributed by atoms with Gasteiger partial charge in [-0.15, -0.1) is 0 Å². The van der Waals surface area contributed by atoms with Crippen LogP contribution < -0.4 is 5.73 Å². The summed E-state index contributed by atoms with van der Waals surface area (Å²) in [6.45, 7) is -0.618. The number of alkyl halides is 1. The molecule has 13 heavy (non-hydrogen) atoms. The second-order valence-electron chi connectivity index (χ2n) is 2.43. The maximum Gasteiger partial charge on any atom is 0.101 e. The summed E-state index contributed by atoms with van der Waals surface area (Å²) in [6, 6.07) is 4.66. The van der Waals surface area contributed by atoms with Crippen molar-refractivity contribution in [2.45, 2.75) is 4.90 Å². The van der Waals surface area contributed by atoms with Crippen molar-refractivity contribution >= 4 is 28.1 Å². The Morgan fingerprint density at radius 1 is 1.54 bits per heavy atom. The number of anilines is 1. The zero-order valence-electron chi connectivity index (χ0n) is 6.80. The summed E-state index contributed by atoms with van der Waals surface area (Å²) >= 11 is 5.76. The molecule has 1 unspecified atom stereocenters. The standard InChI is InChI=1S/C8H9ClFNOS/c9-7-5-6(11)1-2-8(7)13(12)4-3-10/h1-2,5H,3-4,11H2. The first-order valence-corrected chi connectivity index (χ1v) is 5.34. The maximum atomic E-state index is 11.9. The van der Waals surface area contributed by atoms with Crippen LogP contribution in [0.25, 0.3) is 0 Å². The molecule has 1 atom stereocenters. The van der Waals surface area contributed by atoms with E-state index in [4.69, 9.17) is 17.3 Å². The molecule has 0 fully saturated rings. The zero-order chi connectivity index (χ0) is 9.84. The van der Waals surface area contributed by atoms with E-state index in [1.54, 1.807) is 12.1 Å². The SMILES string of the molecule is Nc1ccc(S(=O)CCF)c(Cl)c1. The summed E-state index contributed by atoms with van der Waals surface area (Å²) in [5.41, 5.74) is 5.95. The monoisotopic (exact) mass is 221 g/mol. The summed E-state index contributed by atoms with van der Waals surface area (Å²) in [5.74, 6) is -0.0242. The smallest absolute Gasteiger partial charge is 0.101 e. The number of nitrogen functional groups attached to an aromatic ring is 1. The molecule has 0 radical (unpaired) electrons.